The maximum atomic E-state index is 15.0. The van der Waals surface area contributed by atoms with Crippen LogP contribution in [0, 0.1) is 0 Å². The first-order valence-corrected chi connectivity index (χ1v) is 18.8. The predicted molar refractivity (Wildman–Crippen MR) is 233 cm³/mol. The lowest BCUT2D eigenvalue weighted by molar-refractivity contribution is 1.08. The number of hydrogen-bond acceptors (Lipinski definition) is 1. The smallest absolute Gasteiger partial charge is 0.263 e. The summed E-state index contributed by atoms with van der Waals surface area (Å²) < 4.78 is 1.98. The maximum absolute atomic E-state index is 15.0. The van der Waals surface area contributed by atoms with Gasteiger partial charge in [-0.1, -0.05) is 182 Å². The molecule has 0 aliphatic carbocycles. The molecule has 256 valence electrons. The molecule has 0 aliphatic rings. The van der Waals surface area contributed by atoms with E-state index in [1.54, 1.807) is 0 Å². The molecule has 0 unspecified atom stereocenters. The first kappa shape index (κ1) is 31.3. The molecule has 0 radical (unpaired) electrons. The number of rotatable bonds is 4. The molecule has 0 amide bonds. The first-order chi connectivity index (χ1) is 27.3. The lowest BCUT2D eigenvalue weighted by Crippen LogP contribution is -2.20. The fourth-order valence-electron chi connectivity index (χ4n) is 9.08. The van der Waals surface area contributed by atoms with Crippen molar-refractivity contribution in [1.29, 1.82) is 0 Å². The molecule has 0 atom stereocenters. The Bertz CT molecular complexity index is 3270. The van der Waals surface area contributed by atoms with Gasteiger partial charge in [-0.05, 0) is 89.3 Å². The van der Waals surface area contributed by atoms with Gasteiger partial charge < -0.3 is 0 Å². The van der Waals surface area contributed by atoms with Gasteiger partial charge in [0.1, 0.15) is 0 Å². The Balaban J connectivity index is 1.27. The Labute approximate surface area is 317 Å². The zero-order chi connectivity index (χ0) is 36.5. The molecule has 0 fully saturated rings. The fourth-order valence-corrected chi connectivity index (χ4v) is 9.08. The highest BCUT2D eigenvalue weighted by atomic mass is 16.1. The summed E-state index contributed by atoms with van der Waals surface area (Å²) in [5.41, 5.74) is 8.84. The Kier molecular flexibility index (Phi) is 7.05. The highest BCUT2D eigenvalue weighted by molar-refractivity contribution is 6.23. The van der Waals surface area contributed by atoms with E-state index in [-0.39, 0.29) is 5.56 Å². The number of hydrogen-bond donors (Lipinski definition) is 0. The summed E-state index contributed by atoms with van der Waals surface area (Å²) >= 11 is 0. The average molecular weight is 700 g/mol. The first-order valence-electron chi connectivity index (χ1n) is 18.8. The third-order valence-electron chi connectivity index (χ3n) is 11.4. The third kappa shape index (κ3) is 4.72. The van der Waals surface area contributed by atoms with Crippen molar-refractivity contribution in [2.75, 3.05) is 0 Å². The van der Waals surface area contributed by atoms with E-state index in [0.29, 0.717) is 5.39 Å². The minimum absolute atomic E-state index is 0.0262. The second kappa shape index (κ2) is 12.4. The lowest BCUT2D eigenvalue weighted by Gasteiger charge is -2.21. The van der Waals surface area contributed by atoms with Crippen LogP contribution in [0.5, 0.6) is 0 Å². The number of nitrogens with zero attached hydrogens (tertiary/aromatic N) is 1. The molecule has 2 heteroatoms. The second-order valence-electron chi connectivity index (χ2n) is 14.3. The molecule has 0 saturated heterocycles. The molecule has 1 aromatic heterocycles. The predicted octanol–water partition coefficient (Wildman–Crippen LogP) is 13.8. The molecular formula is C53H33NO. The molecule has 0 N–H and O–H groups in total. The summed E-state index contributed by atoms with van der Waals surface area (Å²) in [6.07, 6.45) is 0. The van der Waals surface area contributed by atoms with Crippen molar-refractivity contribution in [3.63, 3.8) is 0 Å². The Morgan fingerprint density at radius 2 is 0.618 bits per heavy atom. The van der Waals surface area contributed by atoms with Crippen molar-refractivity contribution < 1.29 is 0 Å². The second-order valence-corrected chi connectivity index (χ2v) is 14.3. The molecule has 2 nitrogen and oxygen atoms in total. The van der Waals surface area contributed by atoms with Crippen LogP contribution in [0.1, 0.15) is 0 Å². The van der Waals surface area contributed by atoms with Gasteiger partial charge >= 0.3 is 0 Å². The van der Waals surface area contributed by atoms with Crippen molar-refractivity contribution in [3.05, 3.63) is 211 Å². The van der Waals surface area contributed by atoms with Crippen LogP contribution in [0.15, 0.2) is 205 Å². The van der Waals surface area contributed by atoms with Crippen molar-refractivity contribution in [1.82, 2.24) is 4.57 Å². The van der Waals surface area contributed by atoms with Gasteiger partial charge in [-0.2, -0.15) is 0 Å². The highest BCUT2D eigenvalue weighted by Gasteiger charge is 2.22. The van der Waals surface area contributed by atoms with Crippen LogP contribution >= 0.6 is 0 Å². The summed E-state index contributed by atoms with van der Waals surface area (Å²) in [6.45, 7) is 0. The van der Waals surface area contributed by atoms with Gasteiger partial charge in [-0.25, -0.2) is 0 Å². The summed E-state index contributed by atoms with van der Waals surface area (Å²) in [7, 11) is 0. The van der Waals surface area contributed by atoms with E-state index in [9.17, 15) is 0 Å². The van der Waals surface area contributed by atoms with Crippen LogP contribution in [-0.2, 0) is 0 Å². The number of aromatic nitrogens is 1. The molecule has 0 spiro atoms. The molecular weight excluding hydrogens is 667 g/mol. The standard InChI is InChI=1S/C53H33NO/c55-53-46-30-16-7-21-37(46)47-33-36(51-40-24-10-8-22-38(40)49(34-17-3-1-4-18-34)39-23-9-11-25-41(39)51)31-32-48(47)54(53)52-44-28-14-12-26-42(44)50(35-19-5-2-6-20-35)43-27-13-15-29-45(43)52/h1-33H. The van der Waals surface area contributed by atoms with Gasteiger partial charge in [-0.3, -0.25) is 9.36 Å². The monoisotopic (exact) mass is 699 g/mol. The zero-order valence-electron chi connectivity index (χ0n) is 29.9. The van der Waals surface area contributed by atoms with Crippen molar-refractivity contribution >= 4 is 64.8 Å². The molecule has 0 saturated carbocycles. The van der Waals surface area contributed by atoms with Crippen LogP contribution in [0.3, 0.4) is 0 Å². The zero-order valence-corrected chi connectivity index (χ0v) is 29.9. The summed E-state index contributed by atoms with van der Waals surface area (Å²) in [5.74, 6) is 0. The molecule has 1 heterocycles. The van der Waals surface area contributed by atoms with Crippen LogP contribution in [0.25, 0.3) is 104 Å². The molecule has 11 rings (SSSR count). The van der Waals surface area contributed by atoms with Crippen LogP contribution in [0.4, 0.5) is 0 Å². The van der Waals surface area contributed by atoms with Gasteiger partial charge in [0, 0.05) is 21.5 Å². The van der Waals surface area contributed by atoms with Gasteiger partial charge in [-0.15, -0.1) is 0 Å². The van der Waals surface area contributed by atoms with E-state index in [1.165, 1.54) is 43.8 Å². The molecule has 55 heavy (non-hydrogen) atoms. The van der Waals surface area contributed by atoms with Gasteiger partial charge in [0.05, 0.1) is 11.2 Å². The van der Waals surface area contributed by atoms with Crippen LogP contribution in [-0.4, -0.2) is 4.57 Å². The van der Waals surface area contributed by atoms with Crippen LogP contribution in [0.2, 0.25) is 0 Å². The Morgan fingerprint density at radius 3 is 1.07 bits per heavy atom. The van der Waals surface area contributed by atoms with Gasteiger partial charge in [0.15, 0.2) is 0 Å². The quantitative estimate of drug-likeness (QED) is 0.132. The van der Waals surface area contributed by atoms with Gasteiger partial charge in [0.25, 0.3) is 5.56 Å². The minimum Gasteiger partial charge on any atom is -0.275 e. The van der Waals surface area contributed by atoms with E-state index in [0.717, 1.165) is 54.6 Å². The number of pyridine rings is 1. The average Bonchev–Trinajstić information content (AvgIpc) is 3.26. The lowest BCUT2D eigenvalue weighted by atomic mass is 9.85. The van der Waals surface area contributed by atoms with Crippen LogP contribution < -0.4 is 5.56 Å². The fraction of sp³-hybridized carbons (Fsp3) is 0. The SMILES string of the molecule is O=c1c2ccccc2c2cc(-c3c4ccccc4c(-c4ccccc4)c4ccccc34)ccc2n1-c1c2ccccc2c(-c2ccccc2)c2ccccc12. The normalized spacial score (nSPS) is 11.7. The third-order valence-corrected chi connectivity index (χ3v) is 11.4. The Morgan fingerprint density at radius 1 is 0.273 bits per heavy atom. The van der Waals surface area contributed by atoms with E-state index in [4.69, 9.17) is 0 Å². The van der Waals surface area contributed by atoms with E-state index >= 15 is 4.79 Å². The van der Waals surface area contributed by atoms with Crippen molar-refractivity contribution in [3.8, 4) is 39.1 Å². The minimum atomic E-state index is -0.0262. The van der Waals surface area contributed by atoms with Crippen molar-refractivity contribution in [2.45, 2.75) is 0 Å². The summed E-state index contributed by atoms with van der Waals surface area (Å²) in [5, 5.41) is 11.8. The molecule has 0 aliphatic heterocycles. The largest absolute Gasteiger partial charge is 0.275 e. The molecule has 10 aromatic carbocycles. The topological polar surface area (TPSA) is 22.0 Å². The number of benzene rings is 10. The molecule has 0 bridgehead atoms. The number of fused-ring (bicyclic) bond motifs is 7. The van der Waals surface area contributed by atoms with Gasteiger partial charge in [0.2, 0.25) is 0 Å². The summed E-state index contributed by atoms with van der Waals surface area (Å²) in [4.78, 5) is 15.0. The maximum Gasteiger partial charge on any atom is 0.263 e. The van der Waals surface area contributed by atoms with Crippen molar-refractivity contribution in [2.24, 2.45) is 0 Å². The summed E-state index contributed by atoms with van der Waals surface area (Å²) in [6, 6.07) is 70.7. The molecule has 11 aromatic rings. The highest BCUT2D eigenvalue weighted by Crippen LogP contribution is 2.46. The van der Waals surface area contributed by atoms with E-state index in [2.05, 4.69) is 182 Å². The van der Waals surface area contributed by atoms with E-state index < -0.39 is 0 Å². The van der Waals surface area contributed by atoms with E-state index in [1.807, 2.05) is 22.8 Å². The Hall–Kier alpha value is -7.29.